The minimum atomic E-state index is -0.657. The highest BCUT2D eigenvalue weighted by molar-refractivity contribution is 6.32. The molecule has 92 valence electrons. The van der Waals surface area contributed by atoms with Crippen LogP contribution in [0.15, 0.2) is 18.2 Å². The molecule has 0 radical (unpaired) electrons. The lowest BCUT2D eigenvalue weighted by molar-refractivity contribution is -0.124. The summed E-state index contributed by atoms with van der Waals surface area (Å²) in [6, 6.07) is 5.64. The number of benzene rings is 1. The second-order valence-corrected chi connectivity index (χ2v) is 5.19. The minimum absolute atomic E-state index is 0.572. The van der Waals surface area contributed by atoms with Crippen LogP contribution < -0.4 is 4.74 Å². The lowest BCUT2D eigenvalue weighted by Crippen LogP contribution is -2.40. The van der Waals surface area contributed by atoms with Gasteiger partial charge in [0.05, 0.1) is 5.02 Å². The van der Waals surface area contributed by atoms with E-state index in [-0.39, 0.29) is 0 Å². The van der Waals surface area contributed by atoms with Crippen molar-refractivity contribution in [1.82, 2.24) is 0 Å². The molecule has 1 aliphatic carbocycles. The SMILES string of the molecule is Cc1ccc(Cl)c(OC2(C=O)CCCCC2)c1. The molecule has 2 nitrogen and oxygen atoms in total. The summed E-state index contributed by atoms with van der Waals surface area (Å²) in [5.41, 5.74) is 0.427. The average Bonchev–Trinajstić information content (AvgIpc) is 2.35. The van der Waals surface area contributed by atoms with E-state index in [0.717, 1.165) is 37.5 Å². The Morgan fingerprint density at radius 2 is 2.00 bits per heavy atom. The summed E-state index contributed by atoms with van der Waals surface area (Å²) in [5.74, 6) is 0.626. The molecule has 1 aromatic rings. The third-order valence-corrected chi connectivity index (χ3v) is 3.63. The molecule has 0 spiro atoms. The molecule has 2 rings (SSSR count). The first-order chi connectivity index (χ1) is 8.15. The summed E-state index contributed by atoms with van der Waals surface area (Å²) in [7, 11) is 0. The van der Waals surface area contributed by atoms with Crippen LogP contribution in [0.4, 0.5) is 0 Å². The topological polar surface area (TPSA) is 26.3 Å². The second-order valence-electron chi connectivity index (χ2n) is 4.78. The van der Waals surface area contributed by atoms with Crippen LogP contribution in [-0.4, -0.2) is 11.9 Å². The number of aryl methyl sites for hydroxylation is 1. The van der Waals surface area contributed by atoms with Gasteiger partial charge in [-0.2, -0.15) is 0 Å². The van der Waals surface area contributed by atoms with E-state index >= 15 is 0 Å². The van der Waals surface area contributed by atoms with Gasteiger partial charge in [-0.25, -0.2) is 0 Å². The Kier molecular flexibility index (Phi) is 3.72. The highest BCUT2D eigenvalue weighted by Crippen LogP contribution is 2.35. The van der Waals surface area contributed by atoms with E-state index in [1.54, 1.807) is 0 Å². The summed E-state index contributed by atoms with van der Waals surface area (Å²) < 4.78 is 5.90. The van der Waals surface area contributed by atoms with Gasteiger partial charge in [-0.05, 0) is 50.3 Å². The highest BCUT2D eigenvalue weighted by atomic mass is 35.5. The summed E-state index contributed by atoms with van der Waals surface area (Å²) in [4.78, 5) is 11.3. The summed E-state index contributed by atoms with van der Waals surface area (Å²) in [6.45, 7) is 1.98. The molecule has 0 unspecified atom stereocenters. The molecule has 0 amide bonds. The third kappa shape index (κ3) is 2.81. The smallest absolute Gasteiger partial charge is 0.164 e. The number of ether oxygens (including phenoxy) is 1. The van der Waals surface area contributed by atoms with Gasteiger partial charge in [0.15, 0.2) is 11.9 Å². The van der Waals surface area contributed by atoms with Crippen LogP contribution in [0.1, 0.15) is 37.7 Å². The van der Waals surface area contributed by atoms with E-state index < -0.39 is 5.60 Å². The van der Waals surface area contributed by atoms with Gasteiger partial charge in [-0.15, -0.1) is 0 Å². The number of carbonyl (C=O) groups is 1. The Balaban J connectivity index is 2.22. The highest BCUT2D eigenvalue weighted by Gasteiger charge is 2.34. The Hall–Kier alpha value is -1.02. The first kappa shape index (κ1) is 12.4. The zero-order valence-corrected chi connectivity index (χ0v) is 10.8. The minimum Gasteiger partial charge on any atom is -0.478 e. The lowest BCUT2D eigenvalue weighted by Gasteiger charge is -2.33. The van der Waals surface area contributed by atoms with Gasteiger partial charge in [0.2, 0.25) is 0 Å². The fraction of sp³-hybridized carbons (Fsp3) is 0.500. The molecule has 0 N–H and O–H groups in total. The molecular weight excluding hydrogens is 236 g/mol. The molecule has 1 aromatic carbocycles. The van der Waals surface area contributed by atoms with Crippen molar-refractivity contribution in [3.8, 4) is 5.75 Å². The van der Waals surface area contributed by atoms with Gasteiger partial charge >= 0.3 is 0 Å². The van der Waals surface area contributed by atoms with Gasteiger partial charge in [-0.1, -0.05) is 24.1 Å². The molecule has 3 heteroatoms. The summed E-state index contributed by atoms with van der Waals surface area (Å²) in [5, 5.41) is 0.572. The Morgan fingerprint density at radius 1 is 1.29 bits per heavy atom. The van der Waals surface area contributed by atoms with E-state index in [0.29, 0.717) is 10.8 Å². The Morgan fingerprint density at radius 3 is 2.65 bits per heavy atom. The van der Waals surface area contributed by atoms with Gasteiger partial charge in [0.25, 0.3) is 0 Å². The maximum Gasteiger partial charge on any atom is 0.164 e. The maximum atomic E-state index is 11.3. The van der Waals surface area contributed by atoms with Crippen LogP contribution in [0.2, 0.25) is 5.02 Å². The van der Waals surface area contributed by atoms with Crippen molar-refractivity contribution < 1.29 is 9.53 Å². The zero-order valence-electron chi connectivity index (χ0n) is 10.0. The second kappa shape index (κ2) is 5.09. The molecule has 0 saturated heterocycles. The van der Waals surface area contributed by atoms with E-state index in [9.17, 15) is 4.79 Å². The predicted molar refractivity (Wildman–Crippen MR) is 68.7 cm³/mol. The third-order valence-electron chi connectivity index (χ3n) is 3.31. The van der Waals surface area contributed by atoms with Crippen molar-refractivity contribution in [3.63, 3.8) is 0 Å². The van der Waals surface area contributed by atoms with Crippen molar-refractivity contribution in [1.29, 1.82) is 0 Å². The number of rotatable bonds is 3. The number of halogens is 1. The van der Waals surface area contributed by atoms with Gasteiger partial charge in [0.1, 0.15) is 5.75 Å². The predicted octanol–water partition coefficient (Wildman–Crippen LogP) is 3.93. The number of aldehydes is 1. The van der Waals surface area contributed by atoms with E-state index in [4.69, 9.17) is 16.3 Å². The molecular formula is C14H17ClO2. The summed E-state index contributed by atoms with van der Waals surface area (Å²) >= 11 is 6.09. The van der Waals surface area contributed by atoms with Crippen molar-refractivity contribution in [2.45, 2.75) is 44.6 Å². The van der Waals surface area contributed by atoms with E-state index in [1.807, 2.05) is 25.1 Å². The van der Waals surface area contributed by atoms with Crippen molar-refractivity contribution >= 4 is 17.9 Å². The Bertz CT molecular complexity index is 409. The fourth-order valence-electron chi connectivity index (χ4n) is 2.30. The Labute approximate surface area is 107 Å². The quantitative estimate of drug-likeness (QED) is 0.762. The normalized spacial score (nSPS) is 18.7. The van der Waals surface area contributed by atoms with E-state index in [1.165, 1.54) is 6.42 Å². The summed E-state index contributed by atoms with van der Waals surface area (Å²) in [6.07, 6.45) is 5.80. The maximum absolute atomic E-state index is 11.3. The van der Waals surface area contributed by atoms with Crippen molar-refractivity contribution in [3.05, 3.63) is 28.8 Å². The molecule has 0 heterocycles. The van der Waals surface area contributed by atoms with Gasteiger partial charge in [0, 0.05) is 0 Å². The van der Waals surface area contributed by atoms with Crippen LogP contribution in [0.3, 0.4) is 0 Å². The van der Waals surface area contributed by atoms with Crippen molar-refractivity contribution in [2.24, 2.45) is 0 Å². The van der Waals surface area contributed by atoms with Gasteiger partial charge in [-0.3, -0.25) is 4.79 Å². The van der Waals surface area contributed by atoms with Crippen LogP contribution >= 0.6 is 11.6 Å². The van der Waals surface area contributed by atoms with Crippen LogP contribution in [0, 0.1) is 6.92 Å². The van der Waals surface area contributed by atoms with Crippen LogP contribution in [0.5, 0.6) is 5.75 Å². The average molecular weight is 253 g/mol. The molecule has 17 heavy (non-hydrogen) atoms. The first-order valence-corrected chi connectivity index (χ1v) is 6.44. The van der Waals surface area contributed by atoms with Crippen molar-refractivity contribution in [2.75, 3.05) is 0 Å². The molecule has 0 aromatic heterocycles. The molecule has 0 atom stereocenters. The largest absolute Gasteiger partial charge is 0.478 e. The number of hydrogen-bond donors (Lipinski definition) is 0. The standard InChI is InChI=1S/C14H17ClO2/c1-11-5-6-12(15)13(9-11)17-14(10-16)7-3-2-4-8-14/h5-6,9-10H,2-4,7-8H2,1H3. The van der Waals surface area contributed by atoms with E-state index in [2.05, 4.69) is 0 Å². The molecule has 1 saturated carbocycles. The van der Waals surface area contributed by atoms with Crippen LogP contribution in [-0.2, 0) is 4.79 Å². The number of carbonyl (C=O) groups excluding carboxylic acids is 1. The fourth-order valence-corrected chi connectivity index (χ4v) is 2.46. The molecule has 1 fully saturated rings. The lowest BCUT2D eigenvalue weighted by atomic mass is 9.86. The zero-order chi connectivity index (χ0) is 12.3. The molecule has 1 aliphatic rings. The number of hydrogen-bond acceptors (Lipinski definition) is 2. The monoisotopic (exact) mass is 252 g/mol. The van der Waals surface area contributed by atoms with Gasteiger partial charge < -0.3 is 4.74 Å². The molecule has 0 aliphatic heterocycles. The molecule has 0 bridgehead atoms. The van der Waals surface area contributed by atoms with Crippen LogP contribution in [0.25, 0.3) is 0 Å². The first-order valence-electron chi connectivity index (χ1n) is 6.07.